The fraction of sp³-hybridized carbons (Fsp3) is 0.389. The van der Waals surface area contributed by atoms with E-state index in [2.05, 4.69) is 20.4 Å². The second kappa shape index (κ2) is 7.61. The van der Waals surface area contributed by atoms with Gasteiger partial charge in [0.1, 0.15) is 12.1 Å². The van der Waals surface area contributed by atoms with E-state index in [-0.39, 0.29) is 6.04 Å². The lowest BCUT2D eigenvalue weighted by atomic mass is 10.1. The van der Waals surface area contributed by atoms with Gasteiger partial charge >= 0.3 is 0 Å². The Morgan fingerprint density at radius 1 is 1.15 bits per heavy atom. The summed E-state index contributed by atoms with van der Waals surface area (Å²) >= 11 is 0. The molecule has 0 spiro atoms. The van der Waals surface area contributed by atoms with Gasteiger partial charge in [-0.15, -0.1) is 0 Å². The van der Waals surface area contributed by atoms with Gasteiger partial charge in [0.25, 0.3) is 0 Å². The van der Waals surface area contributed by atoms with Gasteiger partial charge in [0.2, 0.25) is 10.0 Å². The van der Waals surface area contributed by atoms with Crippen LogP contribution in [0.25, 0.3) is 11.0 Å². The lowest BCUT2D eigenvalue weighted by Gasteiger charge is -2.19. The first-order valence-corrected chi connectivity index (χ1v) is 10.3. The maximum Gasteiger partial charge on any atom is 0.243 e. The van der Waals surface area contributed by atoms with E-state index in [1.54, 1.807) is 23.0 Å². The molecule has 2 heterocycles. The second-order valence-corrected chi connectivity index (χ2v) is 8.19. The predicted octanol–water partition coefficient (Wildman–Crippen LogP) is 2.57. The number of nitrogens with zero attached hydrogens (tertiary/aromatic N) is 5. The van der Waals surface area contributed by atoms with E-state index in [0.29, 0.717) is 23.8 Å². The summed E-state index contributed by atoms with van der Waals surface area (Å²) < 4.78 is 28.3. The van der Waals surface area contributed by atoms with Crippen LogP contribution >= 0.6 is 0 Å². The van der Waals surface area contributed by atoms with Crippen LogP contribution in [0.15, 0.2) is 41.7 Å². The number of nitrogens with one attached hydrogen (secondary N) is 1. The summed E-state index contributed by atoms with van der Waals surface area (Å²) in [5, 5.41) is 8.40. The van der Waals surface area contributed by atoms with E-state index in [9.17, 15) is 8.42 Å². The zero-order valence-electron chi connectivity index (χ0n) is 15.9. The molecule has 0 amide bonds. The molecule has 0 aliphatic heterocycles. The van der Waals surface area contributed by atoms with Gasteiger partial charge < -0.3 is 5.32 Å². The summed E-state index contributed by atoms with van der Waals surface area (Å²) in [5.41, 5.74) is 1.71. The van der Waals surface area contributed by atoms with Crippen molar-refractivity contribution < 1.29 is 8.42 Å². The molecule has 0 saturated heterocycles. The maximum absolute atomic E-state index is 12.6. The lowest BCUT2D eigenvalue weighted by molar-refractivity contribution is 0.445. The summed E-state index contributed by atoms with van der Waals surface area (Å²) in [7, 11) is -1.62. The molecule has 0 bridgehead atoms. The average Bonchev–Trinajstić information content (AvgIpc) is 3.05. The van der Waals surface area contributed by atoms with Crippen molar-refractivity contribution in [2.75, 3.05) is 18.4 Å². The highest BCUT2D eigenvalue weighted by Crippen LogP contribution is 2.25. The minimum Gasteiger partial charge on any atom is -0.363 e. The summed E-state index contributed by atoms with van der Waals surface area (Å²) in [6.45, 7) is 6.57. The summed E-state index contributed by atoms with van der Waals surface area (Å²) in [6.07, 6.45) is 3.23. The van der Waals surface area contributed by atoms with Gasteiger partial charge in [-0.3, -0.25) is 4.68 Å². The highest BCUT2D eigenvalue weighted by atomic mass is 32.2. The van der Waals surface area contributed by atoms with Gasteiger partial charge in [0.15, 0.2) is 5.65 Å². The van der Waals surface area contributed by atoms with Crippen LogP contribution in [-0.2, 0) is 17.1 Å². The van der Waals surface area contributed by atoms with Crippen molar-refractivity contribution in [3.05, 3.63) is 42.4 Å². The van der Waals surface area contributed by atoms with Crippen molar-refractivity contribution in [1.29, 1.82) is 0 Å². The molecule has 0 fully saturated rings. The number of aryl methyl sites for hydroxylation is 1. The van der Waals surface area contributed by atoms with E-state index in [0.717, 1.165) is 16.6 Å². The standard InChI is InChI=1S/C18H24N6O2S/c1-5-24(6-2)27(25,26)15-9-7-14(8-10-15)13(3)22-17-16-11-21-23(4)18(16)20-12-19-17/h7-13H,5-6H2,1-4H3,(H,19,20,22). The molecule has 1 aromatic carbocycles. The Morgan fingerprint density at radius 3 is 2.44 bits per heavy atom. The highest BCUT2D eigenvalue weighted by Gasteiger charge is 2.21. The number of rotatable bonds is 7. The van der Waals surface area contributed by atoms with Crippen LogP contribution in [-0.4, -0.2) is 45.6 Å². The number of aromatic nitrogens is 4. The number of hydrogen-bond donors (Lipinski definition) is 1. The molecule has 1 unspecified atom stereocenters. The van der Waals surface area contributed by atoms with Crippen LogP contribution in [0.5, 0.6) is 0 Å². The van der Waals surface area contributed by atoms with Crippen molar-refractivity contribution in [1.82, 2.24) is 24.1 Å². The number of hydrogen-bond acceptors (Lipinski definition) is 6. The average molecular weight is 388 g/mol. The van der Waals surface area contributed by atoms with E-state index >= 15 is 0 Å². The fourth-order valence-electron chi connectivity index (χ4n) is 3.01. The van der Waals surface area contributed by atoms with E-state index in [1.165, 1.54) is 10.6 Å². The van der Waals surface area contributed by atoms with Gasteiger partial charge in [-0.05, 0) is 24.6 Å². The Morgan fingerprint density at radius 2 is 1.81 bits per heavy atom. The highest BCUT2D eigenvalue weighted by molar-refractivity contribution is 7.89. The van der Waals surface area contributed by atoms with Crippen LogP contribution in [0.3, 0.4) is 0 Å². The molecular weight excluding hydrogens is 364 g/mol. The Hall–Kier alpha value is -2.52. The molecule has 3 rings (SSSR count). The minimum absolute atomic E-state index is 0.0616. The van der Waals surface area contributed by atoms with E-state index in [1.807, 2.05) is 40.0 Å². The number of anilines is 1. The first-order chi connectivity index (χ1) is 12.9. The van der Waals surface area contributed by atoms with Crippen LogP contribution in [0, 0.1) is 0 Å². The monoisotopic (exact) mass is 388 g/mol. The fourth-order valence-corrected chi connectivity index (χ4v) is 4.46. The molecule has 1 N–H and O–H groups in total. The van der Waals surface area contributed by atoms with E-state index in [4.69, 9.17) is 0 Å². The largest absolute Gasteiger partial charge is 0.363 e. The zero-order chi connectivity index (χ0) is 19.6. The normalized spacial score (nSPS) is 13.2. The minimum atomic E-state index is -3.45. The van der Waals surface area contributed by atoms with Crippen LogP contribution in [0.4, 0.5) is 5.82 Å². The molecule has 3 aromatic rings. The molecule has 0 aliphatic carbocycles. The van der Waals surface area contributed by atoms with Crippen LogP contribution < -0.4 is 5.32 Å². The number of benzene rings is 1. The maximum atomic E-state index is 12.6. The molecule has 27 heavy (non-hydrogen) atoms. The third-order valence-electron chi connectivity index (χ3n) is 4.61. The molecule has 9 heteroatoms. The number of sulfonamides is 1. The summed E-state index contributed by atoms with van der Waals surface area (Å²) in [6, 6.07) is 6.90. The molecule has 0 aliphatic rings. The van der Waals surface area contributed by atoms with Crippen molar-refractivity contribution in [3.8, 4) is 0 Å². The Labute approximate surface area is 159 Å². The van der Waals surface area contributed by atoms with Gasteiger partial charge in [0.05, 0.1) is 16.5 Å². The first-order valence-electron chi connectivity index (χ1n) is 8.87. The van der Waals surface area contributed by atoms with Crippen molar-refractivity contribution >= 4 is 26.9 Å². The van der Waals surface area contributed by atoms with Crippen molar-refractivity contribution in [3.63, 3.8) is 0 Å². The lowest BCUT2D eigenvalue weighted by Crippen LogP contribution is -2.30. The molecule has 2 aromatic heterocycles. The van der Waals surface area contributed by atoms with Crippen LogP contribution in [0.1, 0.15) is 32.4 Å². The first kappa shape index (κ1) is 19.2. The van der Waals surface area contributed by atoms with Gasteiger partial charge in [-0.2, -0.15) is 9.40 Å². The zero-order valence-corrected chi connectivity index (χ0v) is 16.7. The summed E-state index contributed by atoms with van der Waals surface area (Å²) in [4.78, 5) is 8.84. The Balaban J connectivity index is 1.83. The topological polar surface area (TPSA) is 93.0 Å². The molecule has 0 radical (unpaired) electrons. The smallest absolute Gasteiger partial charge is 0.243 e. The van der Waals surface area contributed by atoms with Crippen molar-refractivity contribution in [2.45, 2.75) is 31.7 Å². The molecular formula is C18H24N6O2S. The third kappa shape index (κ3) is 3.65. The predicted molar refractivity (Wildman–Crippen MR) is 105 cm³/mol. The Kier molecular flexibility index (Phi) is 5.43. The van der Waals surface area contributed by atoms with Crippen molar-refractivity contribution in [2.24, 2.45) is 7.05 Å². The summed E-state index contributed by atoms with van der Waals surface area (Å²) in [5.74, 6) is 0.695. The SMILES string of the molecule is CCN(CC)S(=O)(=O)c1ccc(C(C)Nc2ncnc3c2cnn3C)cc1. The van der Waals surface area contributed by atoms with Gasteiger partial charge in [-0.25, -0.2) is 18.4 Å². The molecule has 1 atom stereocenters. The van der Waals surface area contributed by atoms with Gasteiger partial charge in [-0.1, -0.05) is 26.0 Å². The van der Waals surface area contributed by atoms with E-state index < -0.39 is 10.0 Å². The van der Waals surface area contributed by atoms with Gasteiger partial charge in [0, 0.05) is 26.2 Å². The third-order valence-corrected chi connectivity index (χ3v) is 6.67. The molecule has 8 nitrogen and oxygen atoms in total. The van der Waals surface area contributed by atoms with Crippen LogP contribution in [0.2, 0.25) is 0 Å². The number of fused-ring (bicyclic) bond motifs is 1. The Bertz CT molecular complexity index is 1030. The second-order valence-electron chi connectivity index (χ2n) is 6.25. The molecule has 144 valence electrons. The quantitative estimate of drug-likeness (QED) is 0.669. The molecule has 0 saturated carbocycles.